The van der Waals surface area contributed by atoms with E-state index in [4.69, 9.17) is 9.26 Å². The molecular formula is C11H13N5O2S. The second kappa shape index (κ2) is 4.98. The highest BCUT2D eigenvalue weighted by Crippen LogP contribution is 2.22. The van der Waals surface area contributed by atoms with Crippen molar-refractivity contribution in [2.75, 3.05) is 7.11 Å². The Balaban J connectivity index is 1.72. The summed E-state index contributed by atoms with van der Waals surface area (Å²) in [7, 11) is 1.62. The van der Waals surface area contributed by atoms with Crippen LogP contribution in [0.15, 0.2) is 16.1 Å². The van der Waals surface area contributed by atoms with Gasteiger partial charge in [-0.05, 0) is 0 Å². The summed E-state index contributed by atoms with van der Waals surface area (Å²) in [4.78, 5) is 9.44. The van der Waals surface area contributed by atoms with Gasteiger partial charge in [0.2, 0.25) is 11.8 Å². The molecule has 0 unspecified atom stereocenters. The van der Waals surface area contributed by atoms with Gasteiger partial charge in [0.05, 0.1) is 13.7 Å². The zero-order valence-electron chi connectivity index (χ0n) is 10.6. The first-order valence-electron chi connectivity index (χ1n) is 5.76. The number of imidazole rings is 1. The number of methoxy groups -OCH3 is 1. The number of nitrogens with one attached hydrogen (secondary N) is 1. The largest absolute Gasteiger partial charge is 0.480 e. The lowest BCUT2D eigenvalue weighted by Gasteiger charge is -2.03. The van der Waals surface area contributed by atoms with Gasteiger partial charge in [0, 0.05) is 25.0 Å². The van der Waals surface area contributed by atoms with Crippen molar-refractivity contribution in [3.05, 3.63) is 29.0 Å². The van der Waals surface area contributed by atoms with E-state index in [1.165, 1.54) is 0 Å². The highest BCUT2D eigenvalue weighted by molar-refractivity contribution is 7.15. The molecule has 0 spiro atoms. The molecule has 0 aliphatic carbocycles. The van der Waals surface area contributed by atoms with E-state index in [9.17, 15) is 0 Å². The average Bonchev–Trinajstić information content (AvgIpc) is 3.06. The molecule has 1 N–H and O–H groups in total. The molecule has 3 rings (SSSR count). The van der Waals surface area contributed by atoms with Crippen molar-refractivity contribution in [3.8, 4) is 5.88 Å². The number of hydrogen-bond donors (Lipinski definition) is 1. The van der Waals surface area contributed by atoms with Gasteiger partial charge >= 0.3 is 0 Å². The van der Waals surface area contributed by atoms with E-state index in [2.05, 4.69) is 20.4 Å². The molecule has 100 valence electrons. The fraction of sp³-hybridized carbons (Fsp3) is 0.364. The lowest BCUT2D eigenvalue weighted by Crippen LogP contribution is -2.15. The maximum Gasteiger partial charge on any atom is 0.237 e. The lowest BCUT2D eigenvalue weighted by molar-refractivity contribution is 0.383. The van der Waals surface area contributed by atoms with Crippen LogP contribution in [0.25, 0.3) is 4.96 Å². The SMILES string of the molecule is COc1nc2sccn2c1CNCc1noc(C)n1. The molecule has 8 heteroatoms. The van der Waals surface area contributed by atoms with Gasteiger partial charge in [-0.25, -0.2) is 0 Å². The van der Waals surface area contributed by atoms with E-state index in [1.807, 2.05) is 16.0 Å². The van der Waals surface area contributed by atoms with E-state index in [1.54, 1.807) is 25.4 Å². The fourth-order valence-corrected chi connectivity index (χ4v) is 2.57. The molecule has 7 nitrogen and oxygen atoms in total. The molecule has 0 fully saturated rings. The van der Waals surface area contributed by atoms with Crippen molar-refractivity contribution in [2.24, 2.45) is 0 Å². The molecule has 3 heterocycles. The Hall–Kier alpha value is -1.93. The van der Waals surface area contributed by atoms with Crippen LogP contribution in [0, 0.1) is 6.92 Å². The molecule has 0 amide bonds. The Morgan fingerprint density at radius 3 is 3.05 bits per heavy atom. The Morgan fingerprint density at radius 2 is 2.32 bits per heavy atom. The van der Waals surface area contributed by atoms with Crippen molar-refractivity contribution < 1.29 is 9.26 Å². The van der Waals surface area contributed by atoms with Crippen molar-refractivity contribution >= 4 is 16.3 Å². The molecule has 3 aromatic rings. The van der Waals surface area contributed by atoms with Crippen LogP contribution in [-0.2, 0) is 13.1 Å². The van der Waals surface area contributed by atoms with Crippen molar-refractivity contribution in [3.63, 3.8) is 0 Å². The minimum atomic E-state index is 0.540. The second-order valence-corrected chi connectivity index (χ2v) is 4.83. The van der Waals surface area contributed by atoms with Crippen molar-refractivity contribution in [1.82, 2.24) is 24.8 Å². The van der Waals surface area contributed by atoms with Gasteiger partial charge in [0.1, 0.15) is 5.69 Å². The first-order chi connectivity index (χ1) is 9.28. The van der Waals surface area contributed by atoms with Crippen LogP contribution in [0.1, 0.15) is 17.4 Å². The van der Waals surface area contributed by atoms with Crippen molar-refractivity contribution in [2.45, 2.75) is 20.0 Å². The molecule has 0 aliphatic rings. The van der Waals surface area contributed by atoms with Gasteiger partial charge in [-0.3, -0.25) is 4.40 Å². The molecule has 0 saturated carbocycles. The minimum absolute atomic E-state index is 0.540. The molecule has 0 bridgehead atoms. The number of rotatable bonds is 5. The predicted molar refractivity (Wildman–Crippen MR) is 69.2 cm³/mol. The number of aromatic nitrogens is 4. The van der Waals surface area contributed by atoms with Crippen LogP contribution < -0.4 is 10.1 Å². The van der Waals surface area contributed by atoms with Crippen LogP contribution >= 0.6 is 11.3 Å². The summed E-state index contributed by atoms with van der Waals surface area (Å²) < 4.78 is 12.2. The molecule has 0 atom stereocenters. The predicted octanol–water partition coefficient (Wildman–Crippen LogP) is 1.39. The lowest BCUT2D eigenvalue weighted by atomic mass is 10.4. The number of ether oxygens (including phenoxy) is 1. The molecule has 19 heavy (non-hydrogen) atoms. The zero-order chi connectivity index (χ0) is 13.2. The number of fused-ring (bicyclic) bond motifs is 1. The number of aryl methyl sites for hydroxylation is 1. The third-order valence-corrected chi connectivity index (χ3v) is 3.42. The highest BCUT2D eigenvalue weighted by atomic mass is 32.1. The fourth-order valence-electron chi connectivity index (χ4n) is 1.84. The van der Waals surface area contributed by atoms with E-state index in [0.717, 1.165) is 10.7 Å². The van der Waals surface area contributed by atoms with E-state index in [0.29, 0.717) is 30.7 Å². The maximum absolute atomic E-state index is 5.28. The molecule has 0 aliphatic heterocycles. The number of hydrogen-bond acceptors (Lipinski definition) is 7. The van der Waals surface area contributed by atoms with E-state index in [-0.39, 0.29) is 0 Å². The second-order valence-electron chi connectivity index (χ2n) is 3.96. The topological polar surface area (TPSA) is 77.5 Å². The summed E-state index contributed by atoms with van der Waals surface area (Å²) in [5, 5.41) is 9.08. The van der Waals surface area contributed by atoms with Crippen LogP contribution in [-0.4, -0.2) is 26.6 Å². The standard InChI is InChI=1S/C11H13N5O2S/c1-7-13-9(15-18-7)6-12-5-8-10(17-2)14-11-16(8)3-4-19-11/h3-4,12H,5-6H2,1-2H3. The number of thiazole rings is 1. The highest BCUT2D eigenvalue weighted by Gasteiger charge is 2.13. The Morgan fingerprint density at radius 1 is 1.42 bits per heavy atom. The third kappa shape index (κ3) is 2.32. The summed E-state index contributed by atoms with van der Waals surface area (Å²) in [6.07, 6.45) is 1.98. The summed E-state index contributed by atoms with van der Waals surface area (Å²) in [6, 6.07) is 0. The van der Waals surface area contributed by atoms with Crippen LogP contribution in [0.2, 0.25) is 0 Å². The van der Waals surface area contributed by atoms with E-state index < -0.39 is 0 Å². The molecule has 0 saturated heterocycles. The summed E-state index contributed by atoms with van der Waals surface area (Å²) >= 11 is 1.58. The number of nitrogens with zero attached hydrogens (tertiary/aromatic N) is 4. The third-order valence-electron chi connectivity index (χ3n) is 2.66. The van der Waals surface area contributed by atoms with Gasteiger partial charge < -0.3 is 14.6 Å². The average molecular weight is 279 g/mol. The van der Waals surface area contributed by atoms with Gasteiger partial charge in [0.15, 0.2) is 10.8 Å². The minimum Gasteiger partial charge on any atom is -0.480 e. The zero-order valence-corrected chi connectivity index (χ0v) is 11.4. The van der Waals surface area contributed by atoms with E-state index >= 15 is 0 Å². The maximum atomic E-state index is 5.28. The van der Waals surface area contributed by atoms with Crippen LogP contribution in [0.4, 0.5) is 0 Å². The first kappa shape index (κ1) is 12.1. The van der Waals surface area contributed by atoms with Gasteiger partial charge in [0.25, 0.3) is 0 Å². The Labute approximate surface area is 113 Å². The summed E-state index contributed by atoms with van der Waals surface area (Å²) in [5.74, 6) is 1.85. The molecule has 0 radical (unpaired) electrons. The Kier molecular flexibility index (Phi) is 3.18. The van der Waals surface area contributed by atoms with Crippen LogP contribution in [0.3, 0.4) is 0 Å². The summed E-state index contributed by atoms with van der Waals surface area (Å²) in [5.41, 5.74) is 0.985. The first-order valence-corrected chi connectivity index (χ1v) is 6.64. The van der Waals surface area contributed by atoms with Gasteiger partial charge in [-0.1, -0.05) is 5.16 Å². The smallest absolute Gasteiger partial charge is 0.237 e. The van der Waals surface area contributed by atoms with Crippen molar-refractivity contribution in [1.29, 1.82) is 0 Å². The molecule has 0 aromatic carbocycles. The molecular weight excluding hydrogens is 266 g/mol. The van der Waals surface area contributed by atoms with Crippen LogP contribution in [0.5, 0.6) is 5.88 Å². The quantitative estimate of drug-likeness (QED) is 0.760. The monoisotopic (exact) mass is 279 g/mol. The normalized spacial score (nSPS) is 11.3. The molecule has 3 aromatic heterocycles. The van der Waals surface area contributed by atoms with Gasteiger partial charge in [-0.2, -0.15) is 9.97 Å². The summed E-state index contributed by atoms with van der Waals surface area (Å²) in [6.45, 7) is 2.93. The Bertz CT molecular complexity index is 686. The van der Waals surface area contributed by atoms with Gasteiger partial charge in [-0.15, -0.1) is 11.3 Å².